The molecule has 7 heteroatoms. The van der Waals surface area contributed by atoms with Crippen molar-refractivity contribution >= 4 is 16.9 Å². The van der Waals surface area contributed by atoms with Crippen LogP contribution in [0.1, 0.15) is 12.0 Å². The molecule has 0 fully saturated rings. The second kappa shape index (κ2) is 7.97. The lowest BCUT2D eigenvalue weighted by Gasteiger charge is -2.13. The van der Waals surface area contributed by atoms with Crippen molar-refractivity contribution in [3.8, 4) is 16.9 Å². The molecule has 0 bridgehead atoms. The van der Waals surface area contributed by atoms with Gasteiger partial charge >= 0.3 is 5.69 Å². The Balaban J connectivity index is 1.80. The molecule has 7 nitrogen and oxygen atoms in total. The molecule has 0 aliphatic carbocycles. The van der Waals surface area contributed by atoms with E-state index in [0.717, 1.165) is 58.9 Å². The fourth-order valence-corrected chi connectivity index (χ4v) is 3.55. The van der Waals surface area contributed by atoms with Crippen molar-refractivity contribution in [3.05, 3.63) is 64.8 Å². The Kier molecular flexibility index (Phi) is 5.22. The molecule has 0 saturated heterocycles. The maximum absolute atomic E-state index is 13.0. The first kappa shape index (κ1) is 19.0. The van der Waals surface area contributed by atoms with E-state index in [1.54, 1.807) is 10.9 Å². The van der Waals surface area contributed by atoms with Crippen LogP contribution in [0.15, 0.2) is 53.6 Å². The Hall–Kier alpha value is -3.32. The van der Waals surface area contributed by atoms with Crippen molar-refractivity contribution in [2.45, 2.75) is 13.3 Å². The first-order valence-electron chi connectivity index (χ1n) is 9.77. The van der Waals surface area contributed by atoms with Crippen LogP contribution in [-0.2, 0) is 0 Å². The van der Waals surface area contributed by atoms with Gasteiger partial charge in [-0.05, 0) is 58.3 Å². The summed E-state index contributed by atoms with van der Waals surface area (Å²) < 4.78 is 1.73. The van der Waals surface area contributed by atoms with E-state index < -0.39 is 0 Å². The highest BCUT2D eigenvalue weighted by Crippen LogP contribution is 2.29. The maximum Gasteiger partial charge on any atom is 0.332 e. The highest BCUT2D eigenvalue weighted by molar-refractivity contribution is 5.79. The Morgan fingerprint density at radius 3 is 2.83 bits per heavy atom. The van der Waals surface area contributed by atoms with Gasteiger partial charge in [0.25, 0.3) is 0 Å². The summed E-state index contributed by atoms with van der Waals surface area (Å²) in [5.41, 5.74) is 5.36. The van der Waals surface area contributed by atoms with Crippen LogP contribution in [0.5, 0.6) is 0 Å². The Bertz CT molecular complexity index is 1180. The largest absolute Gasteiger partial charge is 0.370 e. The number of rotatable bonds is 7. The third-order valence-electron chi connectivity index (χ3n) is 4.93. The van der Waals surface area contributed by atoms with Gasteiger partial charge in [-0.2, -0.15) is 0 Å². The summed E-state index contributed by atoms with van der Waals surface area (Å²) in [7, 11) is 4.12. The fraction of sp³-hybridized carbons (Fsp3) is 0.273. The van der Waals surface area contributed by atoms with E-state index in [0.29, 0.717) is 0 Å². The second-order valence-corrected chi connectivity index (χ2v) is 7.55. The van der Waals surface area contributed by atoms with E-state index in [1.165, 1.54) is 0 Å². The molecule has 2 aromatic heterocycles. The third kappa shape index (κ3) is 3.95. The molecule has 0 saturated carbocycles. The van der Waals surface area contributed by atoms with Crippen LogP contribution in [0.2, 0.25) is 0 Å². The Morgan fingerprint density at radius 1 is 1.17 bits per heavy atom. The molecule has 0 unspecified atom stereocenters. The topological polar surface area (TPSA) is 81.7 Å². The highest BCUT2D eigenvalue weighted by atomic mass is 16.1. The van der Waals surface area contributed by atoms with Gasteiger partial charge in [-0.3, -0.25) is 9.55 Å². The molecule has 3 N–H and O–H groups in total. The summed E-state index contributed by atoms with van der Waals surface area (Å²) >= 11 is 0. The van der Waals surface area contributed by atoms with E-state index in [4.69, 9.17) is 0 Å². The Labute approximate surface area is 169 Å². The number of hydrogen-bond donors (Lipinski definition) is 3. The van der Waals surface area contributed by atoms with E-state index in [-0.39, 0.29) is 5.69 Å². The van der Waals surface area contributed by atoms with Gasteiger partial charge in [0.15, 0.2) is 0 Å². The molecule has 0 radical (unpaired) electrons. The van der Waals surface area contributed by atoms with Gasteiger partial charge in [0, 0.05) is 12.1 Å². The number of aromatic nitrogens is 4. The lowest BCUT2D eigenvalue weighted by Crippen LogP contribution is -2.16. The van der Waals surface area contributed by atoms with E-state index in [9.17, 15) is 4.79 Å². The van der Waals surface area contributed by atoms with Gasteiger partial charge in [-0.25, -0.2) is 9.78 Å². The van der Waals surface area contributed by atoms with Gasteiger partial charge < -0.3 is 15.2 Å². The minimum Gasteiger partial charge on any atom is -0.370 e. The van der Waals surface area contributed by atoms with Crippen LogP contribution in [-0.4, -0.2) is 51.6 Å². The number of nitrogens with zero attached hydrogens (tertiary/aromatic N) is 3. The van der Waals surface area contributed by atoms with Crippen molar-refractivity contribution in [3.63, 3.8) is 0 Å². The third-order valence-corrected chi connectivity index (χ3v) is 4.93. The summed E-state index contributed by atoms with van der Waals surface area (Å²) in [5, 5.41) is 3.43. The number of aromatic amines is 2. The molecule has 29 heavy (non-hydrogen) atoms. The van der Waals surface area contributed by atoms with Crippen molar-refractivity contribution in [2.75, 3.05) is 32.5 Å². The quantitative estimate of drug-likeness (QED) is 0.423. The molecule has 4 aromatic rings. The van der Waals surface area contributed by atoms with Crippen LogP contribution in [0, 0.1) is 6.92 Å². The summed E-state index contributed by atoms with van der Waals surface area (Å²) in [6, 6.07) is 14.0. The van der Waals surface area contributed by atoms with Crippen LogP contribution in [0.3, 0.4) is 0 Å². The van der Waals surface area contributed by atoms with Crippen molar-refractivity contribution < 1.29 is 0 Å². The number of aryl methyl sites for hydroxylation is 1. The number of anilines is 1. The average molecular weight is 390 g/mol. The first-order chi connectivity index (χ1) is 14.0. The second-order valence-electron chi connectivity index (χ2n) is 7.55. The molecule has 0 spiro atoms. The monoisotopic (exact) mass is 390 g/mol. The van der Waals surface area contributed by atoms with E-state index in [1.807, 2.05) is 30.3 Å². The SMILES string of the molecule is Cc1cccc(-c2c(NCCCN(C)C)[nH]c(=O)n2-c2ccc3nc[nH]c3c2)c1. The summed E-state index contributed by atoms with van der Waals surface area (Å²) in [4.78, 5) is 25.5. The van der Waals surface area contributed by atoms with Crippen LogP contribution in [0.4, 0.5) is 5.82 Å². The molecule has 0 amide bonds. The predicted octanol–water partition coefficient (Wildman–Crippen LogP) is 3.38. The van der Waals surface area contributed by atoms with Gasteiger partial charge in [0.05, 0.1) is 28.7 Å². The zero-order valence-electron chi connectivity index (χ0n) is 17.0. The number of H-pyrrole nitrogens is 2. The summed E-state index contributed by atoms with van der Waals surface area (Å²) in [5.74, 6) is 0.740. The zero-order chi connectivity index (χ0) is 20.4. The van der Waals surface area contributed by atoms with Gasteiger partial charge in [0.1, 0.15) is 5.82 Å². The van der Waals surface area contributed by atoms with Gasteiger partial charge in [0.2, 0.25) is 0 Å². The lowest BCUT2D eigenvalue weighted by atomic mass is 10.1. The molecule has 4 rings (SSSR count). The highest BCUT2D eigenvalue weighted by Gasteiger charge is 2.18. The lowest BCUT2D eigenvalue weighted by molar-refractivity contribution is 0.405. The van der Waals surface area contributed by atoms with Gasteiger partial charge in [-0.1, -0.05) is 23.8 Å². The maximum atomic E-state index is 13.0. The van der Waals surface area contributed by atoms with Crippen LogP contribution in [0.25, 0.3) is 28.0 Å². The first-order valence-corrected chi connectivity index (χ1v) is 9.77. The van der Waals surface area contributed by atoms with E-state index in [2.05, 4.69) is 58.3 Å². The van der Waals surface area contributed by atoms with Crippen molar-refractivity contribution in [1.82, 2.24) is 24.4 Å². The molecule has 0 aliphatic rings. The smallest absolute Gasteiger partial charge is 0.332 e. The normalized spacial score (nSPS) is 11.4. The summed E-state index contributed by atoms with van der Waals surface area (Å²) in [6.45, 7) is 3.81. The van der Waals surface area contributed by atoms with Crippen molar-refractivity contribution in [2.24, 2.45) is 0 Å². The zero-order valence-corrected chi connectivity index (χ0v) is 17.0. The fourth-order valence-electron chi connectivity index (χ4n) is 3.55. The molecule has 150 valence electrons. The summed E-state index contributed by atoms with van der Waals surface area (Å²) in [6.07, 6.45) is 2.64. The standard InChI is InChI=1S/C22H26N6O/c1-15-6-4-7-16(12-15)20-21(23-10-5-11-27(2)3)26-22(29)28(20)17-8-9-18-19(13-17)25-14-24-18/h4,6-9,12-14,23H,5,10-11H2,1-3H3,(H,24,25)(H,26,29). The Morgan fingerprint density at radius 2 is 2.03 bits per heavy atom. The molecule has 2 heterocycles. The predicted molar refractivity (Wildman–Crippen MR) is 118 cm³/mol. The number of imidazole rings is 2. The number of nitrogens with one attached hydrogen (secondary N) is 3. The van der Waals surface area contributed by atoms with E-state index >= 15 is 0 Å². The average Bonchev–Trinajstić information content (AvgIpc) is 3.28. The number of hydrogen-bond acceptors (Lipinski definition) is 4. The number of fused-ring (bicyclic) bond motifs is 1. The molecular weight excluding hydrogens is 364 g/mol. The minimum absolute atomic E-state index is 0.171. The molecule has 0 atom stereocenters. The molecule has 2 aromatic carbocycles. The van der Waals surface area contributed by atoms with Crippen molar-refractivity contribution in [1.29, 1.82) is 0 Å². The van der Waals surface area contributed by atoms with Crippen LogP contribution >= 0.6 is 0 Å². The van der Waals surface area contributed by atoms with Gasteiger partial charge in [-0.15, -0.1) is 0 Å². The molecular formula is C22H26N6O. The van der Waals surface area contributed by atoms with Crippen LogP contribution < -0.4 is 11.0 Å². The number of benzene rings is 2. The molecule has 0 aliphatic heterocycles. The minimum atomic E-state index is -0.171.